The van der Waals surface area contributed by atoms with Crippen molar-refractivity contribution in [2.75, 3.05) is 19.0 Å². The van der Waals surface area contributed by atoms with Crippen molar-refractivity contribution in [3.63, 3.8) is 0 Å². The molecule has 0 saturated heterocycles. The quantitative estimate of drug-likeness (QED) is 0.705. The van der Waals surface area contributed by atoms with Gasteiger partial charge in [0.15, 0.2) is 5.82 Å². The molecule has 0 aliphatic rings. The molecule has 0 fully saturated rings. The van der Waals surface area contributed by atoms with Crippen molar-refractivity contribution in [2.45, 2.75) is 46.6 Å². The van der Waals surface area contributed by atoms with E-state index in [1.165, 1.54) is 0 Å². The lowest BCUT2D eigenvalue weighted by Gasteiger charge is -2.19. The third-order valence-corrected chi connectivity index (χ3v) is 4.29. The average Bonchev–Trinajstić information content (AvgIpc) is 2.60. The van der Waals surface area contributed by atoms with Crippen LogP contribution in [0.2, 0.25) is 5.02 Å². The molecular weight excluding hydrogens is 338 g/mol. The summed E-state index contributed by atoms with van der Waals surface area (Å²) >= 11 is 6.10. The normalized spacial score (nSPS) is 10.8. The van der Waals surface area contributed by atoms with Crippen LogP contribution in [0.5, 0.6) is 11.6 Å². The van der Waals surface area contributed by atoms with Crippen molar-refractivity contribution < 1.29 is 9.47 Å². The molecule has 0 aliphatic carbocycles. The molecule has 0 aliphatic heterocycles. The minimum absolute atomic E-state index is 0.336. The summed E-state index contributed by atoms with van der Waals surface area (Å²) in [7, 11) is 1.60. The van der Waals surface area contributed by atoms with E-state index in [2.05, 4.69) is 24.1 Å². The summed E-state index contributed by atoms with van der Waals surface area (Å²) in [6.07, 6.45) is 2.02. The van der Waals surface area contributed by atoms with Crippen LogP contribution < -0.4 is 14.8 Å². The maximum atomic E-state index is 6.10. The summed E-state index contributed by atoms with van der Waals surface area (Å²) in [4.78, 5) is 9.38. The molecule has 0 atom stereocenters. The predicted octanol–water partition coefficient (Wildman–Crippen LogP) is 5.11. The Morgan fingerprint density at radius 2 is 1.88 bits per heavy atom. The minimum Gasteiger partial charge on any atom is -0.493 e. The maximum Gasteiger partial charge on any atom is 0.257 e. The van der Waals surface area contributed by atoms with E-state index in [9.17, 15) is 0 Å². The summed E-state index contributed by atoms with van der Waals surface area (Å²) in [6, 6.07) is 5.86. The number of hydrogen-bond donors (Lipinski definition) is 1. The molecular formula is C19H26ClN3O2. The SMILES string of the molecule is CCOc1cc(Cl)ccc1-c1nc(OC)c(NC(CC)CC)nc1C. The Kier molecular flexibility index (Phi) is 6.88. The summed E-state index contributed by atoms with van der Waals surface area (Å²) in [5, 5.41) is 4.04. The fourth-order valence-electron chi connectivity index (χ4n) is 2.65. The Hall–Kier alpha value is -2.01. The van der Waals surface area contributed by atoms with Crippen LogP contribution >= 0.6 is 11.6 Å². The van der Waals surface area contributed by atoms with Crippen molar-refractivity contribution in [1.82, 2.24) is 9.97 Å². The van der Waals surface area contributed by atoms with Gasteiger partial charge >= 0.3 is 0 Å². The van der Waals surface area contributed by atoms with Crippen molar-refractivity contribution in [2.24, 2.45) is 0 Å². The molecule has 0 bridgehead atoms. The van der Waals surface area contributed by atoms with Crippen molar-refractivity contribution >= 4 is 17.4 Å². The largest absolute Gasteiger partial charge is 0.493 e. The van der Waals surface area contributed by atoms with Gasteiger partial charge in [-0.05, 0) is 44.9 Å². The number of rotatable bonds is 8. The number of nitrogens with one attached hydrogen (secondary N) is 1. The molecule has 1 aromatic heterocycles. The molecule has 0 radical (unpaired) electrons. The highest BCUT2D eigenvalue weighted by Crippen LogP contribution is 2.35. The number of methoxy groups -OCH3 is 1. The first-order valence-corrected chi connectivity index (χ1v) is 9.03. The number of halogens is 1. The first kappa shape index (κ1) is 19.3. The second-order valence-electron chi connectivity index (χ2n) is 5.75. The molecule has 0 saturated carbocycles. The predicted molar refractivity (Wildman–Crippen MR) is 103 cm³/mol. The topological polar surface area (TPSA) is 56.3 Å². The Balaban J connectivity index is 2.50. The molecule has 6 heteroatoms. The van der Waals surface area contributed by atoms with E-state index in [-0.39, 0.29) is 0 Å². The molecule has 1 heterocycles. The smallest absolute Gasteiger partial charge is 0.257 e. The van der Waals surface area contributed by atoms with E-state index in [0.717, 1.165) is 29.8 Å². The highest BCUT2D eigenvalue weighted by molar-refractivity contribution is 6.30. The fourth-order valence-corrected chi connectivity index (χ4v) is 2.81. The number of hydrogen-bond acceptors (Lipinski definition) is 5. The van der Waals surface area contributed by atoms with Gasteiger partial charge in [-0.1, -0.05) is 25.4 Å². The lowest BCUT2D eigenvalue weighted by atomic mass is 10.1. The third-order valence-electron chi connectivity index (χ3n) is 4.06. The van der Waals surface area contributed by atoms with Crippen LogP contribution in [0.1, 0.15) is 39.3 Å². The summed E-state index contributed by atoms with van der Waals surface area (Å²) in [5.74, 6) is 1.84. The Morgan fingerprint density at radius 3 is 2.48 bits per heavy atom. The van der Waals surface area contributed by atoms with Gasteiger partial charge in [0.25, 0.3) is 5.88 Å². The standard InChI is InChI=1S/C19H26ClN3O2/c1-6-14(7-2)22-18-19(24-5)23-17(12(4)21-18)15-10-9-13(20)11-16(15)25-8-3/h9-11,14H,6-8H2,1-5H3,(H,21,22). The first-order chi connectivity index (χ1) is 12.0. The van der Waals surface area contributed by atoms with E-state index in [4.69, 9.17) is 26.1 Å². The molecule has 0 unspecified atom stereocenters. The molecule has 2 aromatic rings. The fraction of sp³-hybridized carbons (Fsp3) is 0.474. The monoisotopic (exact) mass is 363 g/mol. The number of ether oxygens (including phenoxy) is 2. The zero-order chi connectivity index (χ0) is 18.4. The van der Waals surface area contributed by atoms with E-state index in [1.807, 2.05) is 26.0 Å². The van der Waals surface area contributed by atoms with Crippen molar-refractivity contribution in [3.05, 3.63) is 28.9 Å². The van der Waals surface area contributed by atoms with Crippen LogP contribution in [0.25, 0.3) is 11.3 Å². The third kappa shape index (κ3) is 4.54. The number of anilines is 1. The molecule has 5 nitrogen and oxygen atoms in total. The van der Waals surface area contributed by atoms with Crippen LogP contribution in [-0.2, 0) is 0 Å². The number of aromatic nitrogens is 2. The van der Waals surface area contributed by atoms with Crippen molar-refractivity contribution in [1.29, 1.82) is 0 Å². The highest BCUT2D eigenvalue weighted by atomic mass is 35.5. The summed E-state index contributed by atoms with van der Waals surface area (Å²) in [6.45, 7) is 8.71. The zero-order valence-electron chi connectivity index (χ0n) is 15.5. The highest BCUT2D eigenvalue weighted by Gasteiger charge is 2.18. The molecule has 1 N–H and O–H groups in total. The maximum absolute atomic E-state index is 6.10. The number of nitrogens with zero attached hydrogens (tertiary/aromatic N) is 2. The number of aryl methyl sites for hydroxylation is 1. The van der Waals surface area contributed by atoms with Gasteiger partial charge in [0.2, 0.25) is 0 Å². The van der Waals surface area contributed by atoms with Gasteiger partial charge < -0.3 is 14.8 Å². The summed E-state index contributed by atoms with van der Waals surface area (Å²) < 4.78 is 11.2. The summed E-state index contributed by atoms with van der Waals surface area (Å²) in [5.41, 5.74) is 2.38. The van der Waals surface area contributed by atoms with E-state index < -0.39 is 0 Å². The van der Waals surface area contributed by atoms with E-state index in [0.29, 0.717) is 35.1 Å². The second-order valence-corrected chi connectivity index (χ2v) is 6.18. The van der Waals surface area contributed by atoms with Gasteiger partial charge in [-0.3, -0.25) is 0 Å². The van der Waals surface area contributed by atoms with Crippen LogP contribution in [0.15, 0.2) is 18.2 Å². The van der Waals surface area contributed by atoms with E-state index in [1.54, 1.807) is 13.2 Å². The second kappa shape index (κ2) is 8.90. The molecule has 1 aromatic carbocycles. The molecule has 0 spiro atoms. The Morgan fingerprint density at radius 1 is 1.16 bits per heavy atom. The van der Waals surface area contributed by atoms with Gasteiger partial charge in [-0.25, -0.2) is 9.97 Å². The lowest BCUT2D eigenvalue weighted by Crippen LogP contribution is -2.19. The first-order valence-electron chi connectivity index (χ1n) is 8.65. The Bertz CT molecular complexity index is 718. The average molecular weight is 364 g/mol. The van der Waals surface area contributed by atoms with Crippen LogP contribution in [0.3, 0.4) is 0 Å². The molecule has 136 valence electrons. The van der Waals surface area contributed by atoms with Gasteiger partial charge in [0.1, 0.15) is 5.75 Å². The lowest BCUT2D eigenvalue weighted by molar-refractivity contribution is 0.341. The molecule has 25 heavy (non-hydrogen) atoms. The van der Waals surface area contributed by atoms with Gasteiger partial charge in [-0.15, -0.1) is 0 Å². The van der Waals surface area contributed by atoms with Crippen molar-refractivity contribution in [3.8, 4) is 22.9 Å². The van der Waals surface area contributed by atoms with Gasteiger partial charge in [0.05, 0.1) is 25.1 Å². The van der Waals surface area contributed by atoms with E-state index >= 15 is 0 Å². The molecule has 0 amide bonds. The van der Waals surface area contributed by atoms with Gasteiger partial charge in [-0.2, -0.15) is 0 Å². The molecule has 2 rings (SSSR count). The Labute approximate surface area is 154 Å². The van der Waals surface area contributed by atoms with Crippen LogP contribution in [0, 0.1) is 6.92 Å². The van der Waals surface area contributed by atoms with Crippen LogP contribution in [-0.4, -0.2) is 29.7 Å². The number of benzene rings is 1. The van der Waals surface area contributed by atoms with Gasteiger partial charge in [0, 0.05) is 16.6 Å². The minimum atomic E-state index is 0.336. The van der Waals surface area contributed by atoms with Crippen LogP contribution in [0.4, 0.5) is 5.82 Å². The zero-order valence-corrected chi connectivity index (χ0v) is 16.3.